The molecule has 1 saturated heterocycles. The molecular formula is C28H41N3O7. The van der Waals surface area contributed by atoms with Gasteiger partial charge in [-0.15, -0.1) is 0 Å². The van der Waals surface area contributed by atoms with Gasteiger partial charge in [0.2, 0.25) is 5.91 Å². The molecule has 3 aliphatic heterocycles. The topological polar surface area (TPSA) is 114 Å². The predicted molar refractivity (Wildman–Crippen MR) is 140 cm³/mol. The minimum atomic E-state index is -0.397. The van der Waals surface area contributed by atoms with Crippen molar-refractivity contribution in [1.82, 2.24) is 14.7 Å². The van der Waals surface area contributed by atoms with E-state index in [1.807, 2.05) is 12.2 Å². The molecule has 1 fully saturated rings. The van der Waals surface area contributed by atoms with Gasteiger partial charge in [-0.25, -0.2) is 4.79 Å². The van der Waals surface area contributed by atoms with Crippen LogP contribution in [0.25, 0.3) is 0 Å². The van der Waals surface area contributed by atoms with Gasteiger partial charge < -0.3 is 19.3 Å². The van der Waals surface area contributed by atoms with Crippen LogP contribution < -0.4 is 0 Å². The molecule has 0 radical (unpaired) electrons. The summed E-state index contributed by atoms with van der Waals surface area (Å²) < 4.78 is 11.2. The van der Waals surface area contributed by atoms with E-state index in [-0.39, 0.29) is 35.2 Å². The highest BCUT2D eigenvalue weighted by molar-refractivity contribution is 6.12. The van der Waals surface area contributed by atoms with Crippen LogP contribution >= 0.6 is 0 Å². The third kappa shape index (κ3) is 8.70. The normalized spacial score (nSPS) is 23.5. The largest absolute Gasteiger partial charge is 0.465 e. The molecule has 0 spiro atoms. The number of cyclic esters (lactones) is 1. The summed E-state index contributed by atoms with van der Waals surface area (Å²) in [6.07, 6.45) is 11.5. The van der Waals surface area contributed by atoms with Crippen molar-refractivity contribution in [1.29, 1.82) is 0 Å². The maximum absolute atomic E-state index is 13.0. The van der Waals surface area contributed by atoms with Crippen LogP contribution in [0.4, 0.5) is 4.79 Å². The summed E-state index contributed by atoms with van der Waals surface area (Å²) in [5.41, 5.74) is -0.279. The number of carbonyl (C=O) groups excluding carboxylic acids is 5. The highest BCUT2D eigenvalue weighted by atomic mass is 16.6. The average Bonchev–Trinajstić information content (AvgIpc) is 3.21. The van der Waals surface area contributed by atoms with Crippen molar-refractivity contribution in [2.24, 2.45) is 5.41 Å². The van der Waals surface area contributed by atoms with Crippen molar-refractivity contribution < 1.29 is 33.4 Å². The number of nitrogens with zero attached hydrogens (tertiary/aromatic N) is 3. The third-order valence-electron chi connectivity index (χ3n) is 7.37. The Labute approximate surface area is 225 Å². The zero-order valence-corrected chi connectivity index (χ0v) is 22.7. The van der Waals surface area contributed by atoms with Crippen LogP contribution in [0.3, 0.4) is 0 Å². The number of piperazine rings is 1. The summed E-state index contributed by atoms with van der Waals surface area (Å²) >= 11 is 0. The molecule has 3 aliphatic rings. The van der Waals surface area contributed by atoms with Gasteiger partial charge in [-0.3, -0.25) is 24.1 Å². The number of hydrogen-bond donors (Lipinski definition) is 0. The number of rotatable bonds is 7. The van der Waals surface area contributed by atoms with Crippen molar-refractivity contribution in [3.63, 3.8) is 0 Å². The third-order valence-corrected chi connectivity index (χ3v) is 7.37. The van der Waals surface area contributed by atoms with Gasteiger partial charge in [0.05, 0.1) is 6.61 Å². The van der Waals surface area contributed by atoms with E-state index in [4.69, 9.17) is 9.47 Å². The van der Waals surface area contributed by atoms with E-state index in [2.05, 4.69) is 13.8 Å². The van der Waals surface area contributed by atoms with Gasteiger partial charge in [-0.1, -0.05) is 32.8 Å². The predicted octanol–water partition coefficient (Wildman–Crippen LogP) is 3.21. The van der Waals surface area contributed by atoms with E-state index in [0.717, 1.165) is 25.7 Å². The molecule has 0 bridgehead atoms. The lowest BCUT2D eigenvalue weighted by Crippen LogP contribution is -2.51. The van der Waals surface area contributed by atoms with Crippen molar-refractivity contribution in [3.05, 3.63) is 24.3 Å². The number of hydrogen-bond acceptors (Lipinski definition) is 7. The summed E-state index contributed by atoms with van der Waals surface area (Å²) in [5, 5.41) is 0. The highest BCUT2D eigenvalue weighted by Gasteiger charge is 2.33. The molecule has 3 rings (SSSR count). The molecule has 1 unspecified atom stereocenters. The molecule has 10 heteroatoms. The Hall–Kier alpha value is -3.17. The lowest BCUT2D eigenvalue weighted by atomic mass is 9.81. The Bertz CT molecular complexity index is 917. The van der Waals surface area contributed by atoms with Gasteiger partial charge in [0.25, 0.3) is 11.8 Å². The molecule has 3 heterocycles. The van der Waals surface area contributed by atoms with Crippen LogP contribution in [0.1, 0.15) is 71.6 Å². The minimum absolute atomic E-state index is 0.0529. The van der Waals surface area contributed by atoms with E-state index < -0.39 is 6.10 Å². The van der Waals surface area contributed by atoms with Crippen LogP contribution in [0.15, 0.2) is 24.3 Å². The Kier molecular flexibility index (Phi) is 10.9. The first-order valence-corrected chi connectivity index (χ1v) is 13.8. The first-order valence-electron chi connectivity index (χ1n) is 13.8. The average molecular weight is 532 g/mol. The second-order valence-electron chi connectivity index (χ2n) is 10.8. The van der Waals surface area contributed by atoms with E-state index in [9.17, 15) is 24.0 Å². The van der Waals surface area contributed by atoms with Gasteiger partial charge >= 0.3 is 12.1 Å². The lowest BCUT2D eigenvalue weighted by molar-refractivity contribution is -0.143. The van der Waals surface area contributed by atoms with E-state index in [0.29, 0.717) is 71.4 Å². The van der Waals surface area contributed by atoms with Crippen molar-refractivity contribution in [3.8, 4) is 0 Å². The fraction of sp³-hybridized carbons (Fsp3) is 0.679. The maximum atomic E-state index is 13.0. The van der Waals surface area contributed by atoms with Gasteiger partial charge in [0, 0.05) is 63.1 Å². The van der Waals surface area contributed by atoms with Crippen molar-refractivity contribution in [2.75, 3.05) is 39.3 Å². The Morgan fingerprint density at radius 2 is 1.66 bits per heavy atom. The molecule has 0 saturated carbocycles. The molecule has 38 heavy (non-hydrogen) atoms. The van der Waals surface area contributed by atoms with E-state index in [1.54, 1.807) is 9.80 Å². The van der Waals surface area contributed by atoms with Crippen molar-refractivity contribution in [2.45, 2.75) is 77.7 Å². The first-order chi connectivity index (χ1) is 18.2. The van der Waals surface area contributed by atoms with Gasteiger partial charge in [0.1, 0.15) is 6.10 Å². The Morgan fingerprint density at radius 3 is 2.37 bits per heavy atom. The molecule has 1 atom stereocenters. The number of carbonyl (C=O) groups is 5. The Morgan fingerprint density at radius 1 is 0.974 bits per heavy atom. The molecule has 0 aromatic heterocycles. The van der Waals surface area contributed by atoms with Crippen LogP contribution in [0.5, 0.6) is 0 Å². The molecular weight excluding hydrogens is 490 g/mol. The monoisotopic (exact) mass is 531 g/mol. The molecule has 0 aliphatic carbocycles. The fourth-order valence-corrected chi connectivity index (χ4v) is 4.84. The number of amides is 4. The second-order valence-corrected chi connectivity index (χ2v) is 10.8. The van der Waals surface area contributed by atoms with Gasteiger partial charge in [-0.2, -0.15) is 0 Å². The van der Waals surface area contributed by atoms with Gasteiger partial charge in [-0.05, 0) is 38.2 Å². The molecule has 210 valence electrons. The summed E-state index contributed by atoms with van der Waals surface area (Å²) in [6.45, 7) is 6.62. The number of unbranched alkanes of at least 4 members (excludes halogenated alkanes) is 2. The quantitative estimate of drug-likeness (QED) is 0.215. The summed E-state index contributed by atoms with van der Waals surface area (Å²) in [4.78, 5) is 65.1. The highest BCUT2D eigenvalue weighted by Crippen LogP contribution is 2.32. The van der Waals surface area contributed by atoms with E-state index >= 15 is 0 Å². The second kappa shape index (κ2) is 14.1. The SMILES string of the molecule is CC1(C)CCCCC(=O)OCC/C=C/C1OC(=O)N1CCN(C(=O)CCCCCN2C(=O)C=CC2=O)CC1. The van der Waals surface area contributed by atoms with Gasteiger partial charge in [0.15, 0.2) is 0 Å². The first kappa shape index (κ1) is 29.4. The standard InChI is InChI=1S/C28H41N3O7/c1-28(2)15-7-5-12-26(35)37-21-9-6-10-22(28)38-27(36)30-19-17-29(18-20-30)23(32)11-4-3-8-16-31-24(33)13-14-25(31)34/h6,10,13-14,22H,3-5,7-9,11-12,15-21H2,1-2H3/b10-6+. The van der Waals surface area contributed by atoms with Crippen LogP contribution in [0.2, 0.25) is 0 Å². The molecule has 0 aromatic rings. The lowest BCUT2D eigenvalue weighted by Gasteiger charge is -2.37. The van der Waals surface area contributed by atoms with Crippen molar-refractivity contribution >= 4 is 29.8 Å². The number of imide groups is 1. The zero-order valence-electron chi connectivity index (χ0n) is 22.7. The van der Waals surface area contributed by atoms with Crippen LogP contribution in [0, 0.1) is 5.41 Å². The molecule has 4 amide bonds. The number of ether oxygens (including phenoxy) is 2. The smallest absolute Gasteiger partial charge is 0.410 e. The fourth-order valence-electron chi connectivity index (χ4n) is 4.84. The van der Waals surface area contributed by atoms with E-state index in [1.165, 1.54) is 17.1 Å². The van der Waals surface area contributed by atoms with Crippen LogP contribution in [-0.2, 0) is 28.7 Å². The van der Waals surface area contributed by atoms with Crippen LogP contribution in [-0.4, -0.2) is 89.9 Å². The summed E-state index contributed by atoms with van der Waals surface area (Å²) in [6, 6.07) is 0. The maximum Gasteiger partial charge on any atom is 0.410 e. The number of esters is 1. The molecule has 0 N–H and O–H groups in total. The summed E-state index contributed by atoms with van der Waals surface area (Å²) in [7, 11) is 0. The minimum Gasteiger partial charge on any atom is -0.465 e. The molecule has 10 nitrogen and oxygen atoms in total. The summed E-state index contributed by atoms with van der Waals surface area (Å²) in [5.74, 6) is -0.665. The Balaban J connectivity index is 1.39. The zero-order chi connectivity index (χ0) is 27.5. The molecule has 0 aromatic carbocycles.